The summed E-state index contributed by atoms with van der Waals surface area (Å²) in [6.07, 6.45) is 1.50. The third-order valence-electron chi connectivity index (χ3n) is 2.27. The van der Waals surface area contributed by atoms with Crippen LogP contribution in [0.4, 0.5) is 0 Å². The van der Waals surface area contributed by atoms with Crippen molar-refractivity contribution < 1.29 is 9.53 Å². The Balaban J connectivity index is 2.04. The van der Waals surface area contributed by atoms with Gasteiger partial charge in [-0.05, 0) is 11.6 Å². The summed E-state index contributed by atoms with van der Waals surface area (Å²) in [5.74, 6) is 5.01. The van der Waals surface area contributed by atoms with Crippen molar-refractivity contribution in [1.82, 2.24) is 4.68 Å². The van der Waals surface area contributed by atoms with Gasteiger partial charge in [-0.15, -0.1) is 0 Å². The van der Waals surface area contributed by atoms with Crippen LogP contribution in [0.15, 0.2) is 42.6 Å². The second-order valence-electron chi connectivity index (χ2n) is 3.48. The summed E-state index contributed by atoms with van der Waals surface area (Å²) < 4.78 is 6.26. The van der Waals surface area contributed by atoms with Gasteiger partial charge in [0, 0.05) is 6.20 Å². The van der Waals surface area contributed by atoms with Crippen LogP contribution in [-0.4, -0.2) is 10.6 Å². The van der Waals surface area contributed by atoms with E-state index in [-0.39, 0.29) is 17.3 Å². The van der Waals surface area contributed by atoms with Gasteiger partial charge in [-0.2, -0.15) is 0 Å². The first-order chi connectivity index (χ1) is 8.18. The molecule has 0 aliphatic carbocycles. The molecule has 0 saturated carbocycles. The van der Waals surface area contributed by atoms with Gasteiger partial charge in [-0.25, -0.2) is 4.79 Å². The molecule has 0 bridgehead atoms. The second kappa shape index (κ2) is 4.93. The number of nitrogens with zero attached hydrogens (tertiary/aromatic N) is 1. The highest BCUT2D eigenvalue weighted by Crippen LogP contribution is 2.16. The molecule has 0 spiro atoms. The van der Waals surface area contributed by atoms with Crippen LogP contribution in [-0.2, 0) is 11.3 Å². The molecule has 0 radical (unpaired) electrons. The van der Waals surface area contributed by atoms with E-state index in [1.807, 2.05) is 30.3 Å². The summed E-state index contributed by atoms with van der Waals surface area (Å²) in [5, 5.41) is 0.283. The maximum absolute atomic E-state index is 11.7. The van der Waals surface area contributed by atoms with E-state index in [1.54, 1.807) is 6.07 Å². The van der Waals surface area contributed by atoms with Gasteiger partial charge in [0.2, 0.25) is 0 Å². The summed E-state index contributed by atoms with van der Waals surface area (Å²) in [4.78, 5) is 11.7. The first-order valence-corrected chi connectivity index (χ1v) is 5.39. The first kappa shape index (κ1) is 11.5. The monoisotopic (exact) mass is 250 g/mol. The Bertz CT molecular complexity index is 503. The average Bonchev–Trinajstić information content (AvgIpc) is 2.67. The van der Waals surface area contributed by atoms with Gasteiger partial charge in [0.25, 0.3) is 0 Å². The zero-order valence-electron chi connectivity index (χ0n) is 8.97. The predicted molar refractivity (Wildman–Crippen MR) is 65.2 cm³/mol. The lowest BCUT2D eigenvalue weighted by Gasteiger charge is -2.06. The Hall–Kier alpha value is -1.94. The Morgan fingerprint density at radius 2 is 2.00 bits per heavy atom. The molecule has 0 amide bonds. The minimum atomic E-state index is -0.536. The van der Waals surface area contributed by atoms with Gasteiger partial charge >= 0.3 is 5.97 Å². The Morgan fingerprint density at radius 1 is 1.29 bits per heavy atom. The highest BCUT2D eigenvalue weighted by Gasteiger charge is 2.16. The van der Waals surface area contributed by atoms with Crippen LogP contribution >= 0.6 is 11.6 Å². The standard InChI is InChI=1S/C12H11ClN2O2/c13-10-6-7-15(14)11(10)12(16)17-8-9-4-2-1-3-5-9/h1-7H,8,14H2. The topological polar surface area (TPSA) is 57.2 Å². The molecule has 2 N–H and O–H groups in total. The Morgan fingerprint density at radius 3 is 2.59 bits per heavy atom. The number of hydrogen-bond donors (Lipinski definition) is 1. The number of hydrogen-bond acceptors (Lipinski definition) is 3. The van der Waals surface area contributed by atoms with Crippen LogP contribution in [0.2, 0.25) is 5.02 Å². The van der Waals surface area contributed by atoms with E-state index in [4.69, 9.17) is 22.2 Å². The van der Waals surface area contributed by atoms with Crippen molar-refractivity contribution in [2.24, 2.45) is 0 Å². The number of rotatable bonds is 3. The number of ether oxygens (including phenoxy) is 1. The minimum absolute atomic E-state index is 0.155. The van der Waals surface area contributed by atoms with Gasteiger partial charge in [-0.3, -0.25) is 4.68 Å². The van der Waals surface area contributed by atoms with Gasteiger partial charge in [-0.1, -0.05) is 41.9 Å². The highest BCUT2D eigenvalue weighted by molar-refractivity contribution is 6.33. The molecule has 0 fully saturated rings. The van der Waals surface area contributed by atoms with E-state index in [2.05, 4.69) is 0 Å². The minimum Gasteiger partial charge on any atom is -0.456 e. The van der Waals surface area contributed by atoms with Crippen LogP contribution in [0.25, 0.3) is 0 Å². The summed E-state index contributed by atoms with van der Waals surface area (Å²) in [5.41, 5.74) is 1.06. The molecule has 4 nitrogen and oxygen atoms in total. The first-order valence-electron chi connectivity index (χ1n) is 5.01. The SMILES string of the molecule is Nn1ccc(Cl)c1C(=O)OCc1ccccc1. The highest BCUT2D eigenvalue weighted by atomic mass is 35.5. The molecule has 1 aromatic heterocycles. The molecule has 1 aromatic carbocycles. The molecular weight excluding hydrogens is 240 g/mol. The number of nitrogens with two attached hydrogens (primary N) is 1. The van der Waals surface area contributed by atoms with Crippen LogP contribution in [0.1, 0.15) is 16.1 Å². The summed E-state index contributed by atoms with van der Waals surface area (Å²) in [7, 11) is 0. The molecule has 0 saturated heterocycles. The zero-order valence-corrected chi connectivity index (χ0v) is 9.72. The third-order valence-corrected chi connectivity index (χ3v) is 2.58. The number of nitrogen functional groups attached to an aromatic ring is 1. The van der Waals surface area contributed by atoms with Crippen molar-refractivity contribution in [2.45, 2.75) is 6.61 Å². The van der Waals surface area contributed by atoms with Crippen molar-refractivity contribution in [3.8, 4) is 0 Å². The molecule has 17 heavy (non-hydrogen) atoms. The van der Waals surface area contributed by atoms with Gasteiger partial charge in [0.1, 0.15) is 6.61 Å². The second-order valence-corrected chi connectivity index (χ2v) is 3.89. The molecule has 0 aliphatic heterocycles. The normalized spacial score (nSPS) is 10.2. The van der Waals surface area contributed by atoms with Gasteiger partial charge in [0.15, 0.2) is 5.69 Å². The molecule has 1 heterocycles. The third kappa shape index (κ3) is 2.60. The maximum Gasteiger partial charge on any atom is 0.358 e. The zero-order chi connectivity index (χ0) is 12.3. The lowest BCUT2D eigenvalue weighted by Crippen LogP contribution is -2.17. The maximum atomic E-state index is 11.7. The number of halogens is 1. The Labute approximate surface area is 104 Å². The van der Waals surface area contributed by atoms with Gasteiger partial charge in [0.05, 0.1) is 5.02 Å². The summed E-state index contributed by atoms with van der Waals surface area (Å²) in [6.45, 7) is 0.196. The molecule has 2 rings (SSSR count). The van der Waals surface area contributed by atoms with Crippen LogP contribution < -0.4 is 5.84 Å². The number of esters is 1. The lowest BCUT2D eigenvalue weighted by atomic mass is 10.2. The molecule has 88 valence electrons. The molecule has 0 unspecified atom stereocenters. The quantitative estimate of drug-likeness (QED) is 0.671. The van der Waals surface area contributed by atoms with Crippen molar-refractivity contribution >= 4 is 17.6 Å². The largest absolute Gasteiger partial charge is 0.456 e. The van der Waals surface area contributed by atoms with Crippen molar-refractivity contribution in [3.05, 3.63) is 58.9 Å². The fourth-order valence-corrected chi connectivity index (χ4v) is 1.65. The van der Waals surface area contributed by atoms with E-state index in [9.17, 15) is 4.79 Å². The van der Waals surface area contributed by atoms with Crippen LogP contribution in [0.5, 0.6) is 0 Å². The van der Waals surface area contributed by atoms with E-state index >= 15 is 0 Å². The Kier molecular flexibility index (Phi) is 3.35. The number of carbonyl (C=O) groups excluding carboxylic acids is 1. The predicted octanol–water partition coefficient (Wildman–Crippen LogP) is 2.21. The van der Waals surface area contributed by atoms with Crippen LogP contribution in [0.3, 0.4) is 0 Å². The average molecular weight is 251 g/mol. The van der Waals surface area contributed by atoms with Crippen LogP contribution in [0, 0.1) is 0 Å². The summed E-state index contributed by atoms with van der Waals surface area (Å²) >= 11 is 5.82. The lowest BCUT2D eigenvalue weighted by molar-refractivity contribution is 0.0462. The number of benzene rings is 1. The van der Waals surface area contributed by atoms with Crippen molar-refractivity contribution in [2.75, 3.05) is 5.84 Å². The van der Waals surface area contributed by atoms with Gasteiger partial charge < -0.3 is 10.6 Å². The molecule has 2 aromatic rings. The molecule has 5 heteroatoms. The van der Waals surface area contributed by atoms with E-state index in [1.165, 1.54) is 6.20 Å². The van der Waals surface area contributed by atoms with E-state index in [0.717, 1.165) is 10.2 Å². The fourth-order valence-electron chi connectivity index (χ4n) is 1.42. The number of carbonyl (C=O) groups is 1. The molecule has 0 aliphatic rings. The van der Waals surface area contributed by atoms with E-state index < -0.39 is 5.97 Å². The number of aromatic nitrogens is 1. The molecular formula is C12H11ClN2O2. The van der Waals surface area contributed by atoms with Crippen molar-refractivity contribution in [1.29, 1.82) is 0 Å². The fraction of sp³-hybridized carbons (Fsp3) is 0.0833. The smallest absolute Gasteiger partial charge is 0.358 e. The van der Waals surface area contributed by atoms with E-state index in [0.29, 0.717) is 0 Å². The molecule has 0 atom stereocenters. The van der Waals surface area contributed by atoms with Crippen molar-refractivity contribution in [3.63, 3.8) is 0 Å². The summed E-state index contributed by atoms with van der Waals surface area (Å²) in [6, 6.07) is 10.9.